The monoisotopic (exact) mass is 396 g/mol. The number of carbonyl (C=O) groups is 2. The van der Waals surface area contributed by atoms with Crippen LogP contribution in [0.5, 0.6) is 11.5 Å². The van der Waals surface area contributed by atoms with Crippen LogP contribution in [0.2, 0.25) is 0 Å². The van der Waals surface area contributed by atoms with Crippen LogP contribution in [0.3, 0.4) is 0 Å². The van der Waals surface area contributed by atoms with Crippen molar-refractivity contribution in [2.75, 3.05) is 27.3 Å². The number of carbonyl (C=O) groups excluding carboxylic acids is 2. The van der Waals surface area contributed by atoms with Crippen LogP contribution >= 0.6 is 0 Å². The first-order valence-electron chi connectivity index (χ1n) is 9.82. The van der Waals surface area contributed by atoms with E-state index in [2.05, 4.69) is 19.2 Å². The number of nitrogens with zero attached hydrogens (tertiary/aromatic N) is 1. The van der Waals surface area contributed by atoms with Gasteiger partial charge in [0.05, 0.1) is 20.6 Å². The molecule has 154 valence electrons. The molecule has 0 spiro atoms. The minimum Gasteiger partial charge on any atom is -0.493 e. The molecule has 0 saturated carbocycles. The van der Waals surface area contributed by atoms with Crippen LogP contribution in [-0.2, 0) is 16.0 Å². The Morgan fingerprint density at radius 2 is 1.79 bits per heavy atom. The lowest BCUT2D eigenvalue weighted by Gasteiger charge is -2.35. The molecule has 2 amide bonds. The zero-order valence-corrected chi connectivity index (χ0v) is 17.4. The molecule has 6 heteroatoms. The number of benzene rings is 2. The van der Waals surface area contributed by atoms with Gasteiger partial charge in [-0.1, -0.05) is 44.2 Å². The minimum atomic E-state index is -0.613. The van der Waals surface area contributed by atoms with Gasteiger partial charge in [-0.15, -0.1) is 0 Å². The van der Waals surface area contributed by atoms with Crippen molar-refractivity contribution in [1.82, 2.24) is 10.2 Å². The summed E-state index contributed by atoms with van der Waals surface area (Å²) in [6.45, 7) is 5.19. The molecule has 1 N–H and O–H groups in total. The van der Waals surface area contributed by atoms with Gasteiger partial charge in [0.1, 0.15) is 6.04 Å². The third kappa shape index (κ3) is 4.53. The van der Waals surface area contributed by atoms with Gasteiger partial charge in [0.25, 0.3) is 0 Å². The van der Waals surface area contributed by atoms with Crippen molar-refractivity contribution >= 4 is 11.8 Å². The predicted octanol–water partition coefficient (Wildman–Crippen LogP) is 3.07. The molecule has 29 heavy (non-hydrogen) atoms. The van der Waals surface area contributed by atoms with Crippen molar-refractivity contribution in [2.45, 2.75) is 32.2 Å². The molecule has 2 aromatic carbocycles. The molecule has 1 atom stereocenters. The summed E-state index contributed by atoms with van der Waals surface area (Å²) in [5.74, 6) is 1.37. The minimum absolute atomic E-state index is 0.0926. The van der Waals surface area contributed by atoms with Gasteiger partial charge < -0.3 is 19.7 Å². The molecule has 1 unspecified atom stereocenters. The van der Waals surface area contributed by atoms with Gasteiger partial charge in [-0.05, 0) is 34.7 Å². The molecule has 1 saturated heterocycles. The molecular weight excluding hydrogens is 368 g/mol. The largest absolute Gasteiger partial charge is 0.493 e. The Balaban J connectivity index is 1.83. The van der Waals surface area contributed by atoms with Crippen LogP contribution < -0.4 is 14.8 Å². The van der Waals surface area contributed by atoms with E-state index in [9.17, 15) is 9.59 Å². The van der Waals surface area contributed by atoms with E-state index in [4.69, 9.17) is 9.47 Å². The lowest BCUT2D eigenvalue weighted by Crippen LogP contribution is -2.52. The van der Waals surface area contributed by atoms with E-state index in [0.717, 1.165) is 11.1 Å². The fourth-order valence-corrected chi connectivity index (χ4v) is 3.60. The molecule has 3 rings (SSSR count). The summed E-state index contributed by atoms with van der Waals surface area (Å²) in [7, 11) is 3.14. The lowest BCUT2D eigenvalue weighted by molar-refractivity contribution is -0.143. The van der Waals surface area contributed by atoms with E-state index in [-0.39, 0.29) is 18.2 Å². The number of amides is 2. The van der Waals surface area contributed by atoms with Crippen LogP contribution in [-0.4, -0.2) is 44.0 Å². The summed E-state index contributed by atoms with van der Waals surface area (Å²) >= 11 is 0. The first-order valence-corrected chi connectivity index (χ1v) is 9.82. The van der Waals surface area contributed by atoms with Crippen LogP contribution in [0.1, 0.15) is 42.5 Å². The van der Waals surface area contributed by atoms with Crippen LogP contribution in [0.15, 0.2) is 42.5 Å². The first kappa shape index (κ1) is 20.7. The average Bonchev–Trinajstić information content (AvgIpc) is 2.73. The van der Waals surface area contributed by atoms with Gasteiger partial charge >= 0.3 is 0 Å². The molecule has 1 fully saturated rings. The van der Waals surface area contributed by atoms with Gasteiger partial charge in [-0.25, -0.2) is 0 Å². The molecular formula is C23H28N2O4. The normalized spacial score (nSPS) is 16.5. The van der Waals surface area contributed by atoms with Gasteiger partial charge in [-0.2, -0.15) is 0 Å². The first-order chi connectivity index (χ1) is 13.9. The number of hydrogen-bond donors (Lipinski definition) is 1. The number of hydrogen-bond acceptors (Lipinski definition) is 4. The van der Waals surface area contributed by atoms with Gasteiger partial charge in [0.15, 0.2) is 11.5 Å². The second kappa shape index (κ2) is 8.99. The number of nitrogens with one attached hydrogen (secondary N) is 1. The van der Waals surface area contributed by atoms with Crippen molar-refractivity contribution in [3.8, 4) is 11.5 Å². The molecule has 0 aliphatic carbocycles. The highest BCUT2D eigenvalue weighted by atomic mass is 16.5. The maximum absolute atomic E-state index is 13.1. The number of ether oxygens (including phenoxy) is 2. The zero-order chi connectivity index (χ0) is 21.0. The van der Waals surface area contributed by atoms with Crippen molar-refractivity contribution in [3.63, 3.8) is 0 Å². The molecule has 0 radical (unpaired) electrons. The van der Waals surface area contributed by atoms with Crippen molar-refractivity contribution in [3.05, 3.63) is 59.2 Å². The molecule has 2 aromatic rings. The highest BCUT2D eigenvalue weighted by Crippen LogP contribution is 2.29. The summed E-state index contributed by atoms with van der Waals surface area (Å²) in [6.07, 6.45) is 0.189. The van der Waals surface area contributed by atoms with Crippen molar-refractivity contribution in [2.24, 2.45) is 0 Å². The SMILES string of the molecule is COc1ccc(CC(=O)N2CCNC(=O)C2c2ccc(C(C)C)cc2)cc1OC. The summed E-state index contributed by atoms with van der Waals surface area (Å²) in [5.41, 5.74) is 2.84. The predicted molar refractivity (Wildman–Crippen MR) is 111 cm³/mol. The van der Waals surface area contributed by atoms with E-state index < -0.39 is 6.04 Å². The Kier molecular flexibility index (Phi) is 6.42. The quantitative estimate of drug-likeness (QED) is 0.815. The standard InChI is InChI=1S/C23H28N2O4/c1-15(2)17-6-8-18(9-7-17)22-23(27)24-11-12-25(22)21(26)14-16-5-10-19(28-3)20(13-16)29-4/h5-10,13,15,22H,11-12,14H2,1-4H3,(H,24,27). The Morgan fingerprint density at radius 3 is 2.41 bits per heavy atom. The lowest BCUT2D eigenvalue weighted by atomic mass is 9.96. The highest BCUT2D eigenvalue weighted by Gasteiger charge is 2.34. The summed E-state index contributed by atoms with van der Waals surface area (Å²) in [6, 6.07) is 12.8. The van der Waals surface area contributed by atoms with E-state index in [0.29, 0.717) is 30.5 Å². The Bertz CT molecular complexity index is 877. The highest BCUT2D eigenvalue weighted by molar-refractivity contribution is 5.90. The van der Waals surface area contributed by atoms with E-state index in [1.807, 2.05) is 30.3 Å². The smallest absolute Gasteiger partial charge is 0.247 e. The third-order valence-electron chi connectivity index (χ3n) is 5.25. The van der Waals surface area contributed by atoms with Crippen LogP contribution in [0.4, 0.5) is 0 Å². The molecule has 0 bridgehead atoms. The summed E-state index contributed by atoms with van der Waals surface area (Å²) < 4.78 is 10.6. The maximum Gasteiger partial charge on any atom is 0.247 e. The fraction of sp³-hybridized carbons (Fsp3) is 0.391. The Labute approximate surface area is 171 Å². The third-order valence-corrected chi connectivity index (χ3v) is 5.25. The number of methoxy groups -OCH3 is 2. The molecule has 0 aromatic heterocycles. The van der Waals surface area contributed by atoms with Crippen molar-refractivity contribution < 1.29 is 19.1 Å². The van der Waals surface area contributed by atoms with Crippen molar-refractivity contribution in [1.29, 1.82) is 0 Å². The Morgan fingerprint density at radius 1 is 1.10 bits per heavy atom. The topological polar surface area (TPSA) is 67.9 Å². The number of rotatable bonds is 6. The summed E-state index contributed by atoms with van der Waals surface area (Å²) in [4.78, 5) is 27.4. The average molecular weight is 396 g/mol. The molecule has 1 aliphatic rings. The van der Waals surface area contributed by atoms with E-state index in [1.165, 1.54) is 5.56 Å². The Hall–Kier alpha value is -3.02. The van der Waals surface area contributed by atoms with Gasteiger partial charge in [-0.3, -0.25) is 9.59 Å². The van der Waals surface area contributed by atoms with Crippen LogP contribution in [0.25, 0.3) is 0 Å². The zero-order valence-electron chi connectivity index (χ0n) is 17.4. The second-order valence-electron chi connectivity index (χ2n) is 7.47. The molecule has 6 nitrogen and oxygen atoms in total. The number of piperazine rings is 1. The van der Waals surface area contributed by atoms with Gasteiger partial charge in [0.2, 0.25) is 11.8 Å². The fourth-order valence-electron chi connectivity index (χ4n) is 3.60. The second-order valence-corrected chi connectivity index (χ2v) is 7.47. The summed E-state index contributed by atoms with van der Waals surface area (Å²) in [5, 5.41) is 2.88. The molecule has 1 heterocycles. The maximum atomic E-state index is 13.1. The van der Waals surface area contributed by atoms with E-state index in [1.54, 1.807) is 31.3 Å². The van der Waals surface area contributed by atoms with Gasteiger partial charge in [0, 0.05) is 13.1 Å². The van der Waals surface area contributed by atoms with Crippen LogP contribution in [0, 0.1) is 0 Å². The van der Waals surface area contributed by atoms with E-state index >= 15 is 0 Å². The molecule has 1 aliphatic heterocycles.